The van der Waals surface area contributed by atoms with Crippen molar-refractivity contribution in [3.05, 3.63) is 51.7 Å². The van der Waals surface area contributed by atoms with Crippen LogP contribution < -0.4 is 5.32 Å². The number of nitrogens with one attached hydrogen (secondary N) is 1. The van der Waals surface area contributed by atoms with Gasteiger partial charge in [0.15, 0.2) is 0 Å². The van der Waals surface area contributed by atoms with Gasteiger partial charge in [0.05, 0.1) is 6.54 Å². The van der Waals surface area contributed by atoms with E-state index in [-0.39, 0.29) is 11.6 Å². The van der Waals surface area contributed by atoms with Gasteiger partial charge in [-0.1, -0.05) is 13.0 Å². The topological polar surface area (TPSA) is 42.0 Å². The average molecular weight is 264 g/mol. The monoisotopic (exact) mass is 264 g/mol. The van der Waals surface area contributed by atoms with Crippen LogP contribution >= 0.6 is 11.3 Å². The Morgan fingerprint density at radius 2 is 2.11 bits per heavy atom. The van der Waals surface area contributed by atoms with E-state index in [1.165, 1.54) is 23.1 Å². The first-order valence-electron chi connectivity index (χ1n) is 5.67. The third-order valence-electron chi connectivity index (χ3n) is 2.44. The van der Waals surface area contributed by atoms with Gasteiger partial charge in [-0.15, -0.1) is 11.3 Å². The van der Waals surface area contributed by atoms with Crippen molar-refractivity contribution in [2.24, 2.45) is 0 Å². The first kappa shape index (κ1) is 12.7. The molecule has 3 nitrogen and oxygen atoms in total. The Morgan fingerprint density at radius 3 is 2.78 bits per heavy atom. The molecule has 0 aliphatic carbocycles. The zero-order valence-corrected chi connectivity index (χ0v) is 10.8. The number of carbonyl (C=O) groups excluding carboxylic acids is 1. The third kappa shape index (κ3) is 3.13. The number of halogens is 1. The van der Waals surface area contributed by atoms with Gasteiger partial charge in [-0.2, -0.15) is 4.39 Å². The van der Waals surface area contributed by atoms with E-state index < -0.39 is 5.95 Å². The van der Waals surface area contributed by atoms with Gasteiger partial charge in [-0.05, 0) is 30.7 Å². The fourth-order valence-electron chi connectivity index (χ4n) is 1.50. The average Bonchev–Trinajstić information content (AvgIpc) is 2.84. The largest absolute Gasteiger partial charge is 0.346 e. The highest BCUT2D eigenvalue weighted by atomic mass is 32.1. The molecule has 2 rings (SSSR count). The molecule has 0 unspecified atom stereocenters. The maximum Gasteiger partial charge on any atom is 0.270 e. The predicted octanol–water partition coefficient (Wildman–Crippen LogP) is 2.77. The van der Waals surface area contributed by atoms with E-state index in [0.29, 0.717) is 6.54 Å². The molecule has 94 valence electrons. The summed E-state index contributed by atoms with van der Waals surface area (Å²) in [4.78, 5) is 17.6. The quantitative estimate of drug-likeness (QED) is 0.863. The van der Waals surface area contributed by atoms with Crippen LogP contribution in [0.3, 0.4) is 0 Å². The number of nitrogens with zero attached hydrogens (tertiary/aromatic N) is 1. The van der Waals surface area contributed by atoms with Crippen molar-refractivity contribution < 1.29 is 9.18 Å². The highest BCUT2D eigenvalue weighted by Crippen LogP contribution is 2.16. The van der Waals surface area contributed by atoms with Crippen molar-refractivity contribution in [2.75, 3.05) is 0 Å². The molecule has 0 saturated heterocycles. The molecule has 5 heteroatoms. The summed E-state index contributed by atoms with van der Waals surface area (Å²) in [6.07, 6.45) is 0.990. The molecule has 0 fully saturated rings. The van der Waals surface area contributed by atoms with Crippen molar-refractivity contribution in [1.82, 2.24) is 10.3 Å². The highest BCUT2D eigenvalue weighted by molar-refractivity contribution is 7.11. The Hall–Kier alpha value is -1.75. The number of thiophene rings is 1. The smallest absolute Gasteiger partial charge is 0.270 e. The molecule has 0 aliphatic rings. The highest BCUT2D eigenvalue weighted by Gasteiger charge is 2.08. The van der Waals surface area contributed by atoms with Gasteiger partial charge in [0, 0.05) is 9.75 Å². The lowest BCUT2D eigenvalue weighted by atomic mass is 10.3. The molecular weight excluding hydrogens is 251 g/mol. The SMILES string of the molecule is CCc1ccc(CNC(=O)c2cccc(F)n2)s1. The van der Waals surface area contributed by atoms with Crippen molar-refractivity contribution in [1.29, 1.82) is 0 Å². The molecule has 0 saturated carbocycles. The number of hydrogen-bond donors (Lipinski definition) is 1. The summed E-state index contributed by atoms with van der Waals surface area (Å²) in [5.74, 6) is -1.01. The molecule has 0 aromatic carbocycles. The van der Waals surface area contributed by atoms with Gasteiger partial charge in [0.2, 0.25) is 5.95 Å². The van der Waals surface area contributed by atoms with Gasteiger partial charge >= 0.3 is 0 Å². The summed E-state index contributed by atoms with van der Waals surface area (Å²) in [6, 6.07) is 8.21. The Kier molecular flexibility index (Phi) is 4.04. The minimum absolute atomic E-state index is 0.0993. The number of aryl methyl sites for hydroxylation is 1. The van der Waals surface area contributed by atoms with Gasteiger partial charge in [0.25, 0.3) is 5.91 Å². The molecule has 0 bridgehead atoms. The normalized spacial score (nSPS) is 10.3. The second-order valence-corrected chi connectivity index (χ2v) is 5.00. The molecule has 2 aromatic rings. The summed E-state index contributed by atoms with van der Waals surface area (Å²) >= 11 is 1.66. The fourth-order valence-corrected chi connectivity index (χ4v) is 2.40. The van der Waals surface area contributed by atoms with Gasteiger partial charge in [-0.25, -0.2) is 4.98 Å². The Bertz CT molecular complexity index is 553. The molecule has 0 aliphatic heterocycles. The van der Waals surface area contributed by atoms with Gasteiger partial charge in [-0.3, -0.25) is 4.79 Å². The molecule has 0 radical (unpaired) electrons. The van der Waals surface area contributed by atoms with Crippen molar-refractivity contribution in [2.45, 2.75) is 19.9 Å². The van der Waals surface area contributed by atoms with Crippen LogP contribution in [-0.4, -0.2) is 10.9 Å². The maximum absolute atomic E-state index is 12.9. The third-order valence-corrected chi connectivity index (χ3v) is 3.67. The molecule has 0 atom stereocenters. The van der Waals surface area contributed by atoms with E-state index in [1.54, 1.807) is 11.3 Å². The van der Waals surface area contributed by atoms with Crippen molar-refractivity contribution in [3.8, 4) is 0 Å². The van der Waals surface area contributed by atoms with Crippen molar-refractivity contribution in [3.63, 3.8) is 0 Å². The van der Waals surface area contributed by atoms with Crippen LogP contribution in [-0.2, 0) is 13.0 Å². The van der Waals surface area contributed by atoms with Gasteiger partial charge < -0.3 is 5.32 Å². The van der Waals surface area contributed by atoms with Crippen LogP contribution in [0.1, 0.15) is 27.2 Å². The van der Waals surface area contributed by atoms with E-state index in [0.717, 1.165) is 11.3 Å². The van der Waals surface area contributed by atoms with Crippen LogP contribution in [0.2, 0.25) is 0 Å². The zero-order valence-electron chi connectivity index (χ0n) is 9.94. The second-order valence-electron chi connectivity index (χ2n) is 3.75. The van der Waals surface area contributed by atoms with Crippen LogP contribution in [0, 0.1) is 5.95 Å². The lowest BCUT2D eigenvalue weighted by molar-refractivity contribution is 0.0945. The maximum atomic E-state index is 12.9. The number of hydrogen-bond acceptors (Lipinski definition) is 3. The summed E-state index contributed by atoms with van der Waals surface area (Å²) in [7, 11) is 0. The summed E-state index contributed by atoms with van der Waals surface area (Å²) in [6.45, 7) is 2.53. The lowest BCUT2D eigenvalue weighted by Gasteiger charge is -2.02. The second kappa shape index (κ2) is 5.73. The Morgan fingerprint density at radius 1 is 1.33 bits per heavy atom. The van der Waals surface area contributed by atoms with Crippen LogP contribution in [0.25, 0.3) is 0 Å². The van der Waals surface area contributed by atoms with Crippen LogP contribution in [0.5, 0.6) is 0 Å². The molecule has 2 aromatic heterocycles. The van der Waals surface area contributed by atoms with E-state index in [9.17, 15) is 9.18 Å². The zero-order chi connectivity index (χ0) is 13.0. The van der Waals surface area contributed by atoms with E-state index >= 15 is 0 Å². The van der Waals surface area contributed by atoms with Crippen LogP contribution in [0.4, 0.5) is 4.39 Å². The lowest BCUT2D eigenvalue weighted by Crippen LogP contribution is -2.23. The molecular formula is C13H13FN2OS. The first-order valence-corrected chi connectivity index (χ1v) is 6.49. The Labute approximate surface area is 109 Å². The van der Waals surface area contributed by atoms with Crippen LogP contribution in [0.15, 0.2) is 30.3 Å². The van der Waals surface area contributed by atoms with E-state index in [1.807, 2.05) is 12.1 Å². The van der Waals surface area contributed by atoms with E-state index in [2.05, 4.69) is 17.2 Å². The van der Waals surface area contributed by atoms with Gasteiger partial charge in [0.1, 0.15) is 5.69 Å². The number of pyridine rings is 1. The summed E-state index contributed by atoms with van der Waals surface area (Å²) in [5.41, 5.74) is 0.0993. The minimum Gasteiger partial charge on any atom is -0.346 e. The number of rotatable bonds is 4. The number of amides is 1. The molecule has 1 amide bonds. The number of carbonyl (C=O) groups is 1. The number of aromatic nitrogens is 1. The molecule has 18 heavy (non-hydrogen) atoms. The molecule has 0 spiro atoms. The molecule has 2 heterocycles. The Balaban J connectivity index is 1.96. The summed E-state index contributed by atoms with van der Waals surface area (Å²) < 4.78 is 12.9. The first-order chi connectivity index (χ1) is 8.69. The predicted molar refractivity (Wildman–Crippen MR) is 69.1 cm³/mol. The van der Waals surface area contributed by atoms with E-state index in [4.69, 9.17) is 0 Å². The van der Waals surface area contributed by atoms with Crippen molar-refractivity contribution >= 4 is 17.2 Å². The fraction of sp³-hybridized carbons (Fsp3) is 0.231. The minimum atomic E-state index is -0.646. The standard InChI is InChI=1S/C13H13FN2OS/c1-2-9-6-7-10(18-9)8-15-13(17)11-4-3-5-12(14)16-11/h3-7H,2,8H2,1H3,(H,15,17). The summed E-state index contributed by atoms with van der Waals surface area (Å²) in [5, 5.41) is 2.72. The molecule has 1 N–H and O–H groups in total.